The Kier molecular flexibility index (Phi) is 5.50. The molecule has 0 bridgehead atoms. The minimum Gasteiger partial charge on any atom is -0.422 e. The van der Waals surface area contributed by atoms with Gasteiger partial charge in [-0.25, -0.2) is 4.79 Å². The van der Waals surface area contributed by atoms with Crippen LogP contribution >= 0.6 is 18.9 Å². The van der Waals surface area contributed by atoms with Gasteiger partial charge in [-0.1, -0.05) is 6.07 Å². The molecule has 0 radical (unpaired) electrons. The lowest BCUT2D eigenvalue weighted by atomic mass is 10.1. The van der Waals surface area contributed by atoms with Gasteiger partial charge in [-0.05, 0) is 35.7 Å². The van der Waals surface area contributed by atoms with E-state index in [2.05, 4.69) is 4.52 Å². The Balaban J connectivity index is 1.87. The molecule has 152 valence electrons. The second-order valence-corrected chi connectivity index (χ2v) is 8.80. The highest BCUT2D eigenvalue weighted by Crippen LogP contribution is 2.62. The minimum absolute atomic E-state index is 0.0755. The zero-order valence-electron chi connectivity index (χ0n) is 14.6. The number of nitro groups is 1. The Bertz CT molecular complexity index is 1150. The topological polar surface area (TPSA) is 116 Å². The number of hydrogen-bond donors (Lipinski definition) is 1. The van der Waals surface area contributed by atoms with Crippen molar-refractivity contribution in [1.82, 2.24) is 0 Å². The van der Waals surface area contributed by atoms with E-state index in [0.29, 0.717) is 11.8 Å². The first kappa shape index (κ1) is 21.0. The molecule has 0 saturated heterocycles. The molecule has 1 aromatic heterocycles. The Labute approximate surface area is 166 Å². The second kappa shape index (κ2) is 7.60. The smallest absolute Gasteiger partial charge is 0.401 e. The third kappa shape index (κ3) is 4.03. The fourth-order valence-corrected chi connectivity index (χ4v) is 4.02. The summed E-state index contributed by atoms with van der Waals surface area (Å²) in [4.78, 5) is 31.8. The van der Waals surface area contributed by atoms with Gasteiger partial charge in [0.1, 0.15) is 10.6 Å². The first-order valence-corrected chi connectivity index (χ1v) is 10.2. The fraction of sp³-hybridized carbons (Fsp3) is 0.118. The summed E-state index contributed by atoms with van der Waals surface area (Å²) in [6.07, 6.45) is 0. The van der Waals surface area contributed by atoms with Crippen LogP contribution in [-0.4, -0.2) is 22.9 Å². The van der Waals surface area contributed by atoms with Gasteiger partial charge in [0.2, 0.25) is 0 Å². The molecule has 12 heteroatoms. The molecule has 0 amide bonds. The van der Waals surface area contributed by atoms with E-state index in [1.165, 1.54) is 36.4 Å². The van der Waals surface area contributed by atoms with Gasteiger partial charge < -0.3 is 14.2 Å². The molecule has 3 rings (SSSR count). The van der Waals surface area contributed by atoms with Crippen LogP contribution in [-0.2, 0) is 14.8 Å². The number of ether oxygens (including phenoxy) is 1. The lowest BCUT2D eigenvalue weighted by molar-refractivity contribution is -0.384. The number of hydrogen-bond acceptors (Lipinski definition) is 7. The fourth-order valence-electron chi connectivity index (χ4n) is 2.40. The number of esters is 1. The van der Waals surface area contributed by atoms with Crippen molar-refractivity contribution < 1.29 is 37.2 Å². The summed E-state index contributed by atoms with van der Waals surface area (Å²) < 4.78 is 49.7. The number of non-ortho nitro benzene ring substituents is 1. The zero-order valence-corrected chi connectivity index (χ0v) is 16.3. The van der Waals surface area contributed by atoms with Crippen LogP contribution in [0.15, 0.2) is 48.5 Å². The molecule has 0 aliphatic carbocycles. The Morgan fingerprint density at radius 3 is 2.45 bits per heavy atom. The molecule has 1 N–H and O–H groups in total. The third-order valence-electron chi connectivity index (χ3n) is 3.93. The quantitative estimate of drug-likeness (QED) is 0.189. The highest BCUT2D eigenvalue weighted by molar-refractivity contribution is 7.53. The van der Waals surface area contributed by atoms with Gasteiger partial charge >= 0.3 is 19.2 Å². The SMILES string of the molecule is COP(=O)(O)C(F)(F)c1ccc2sc(C(=O)Oc3ccc([N+](=O)[O-])cc3)cc2c1. The molecule has 1 heterocycles. The van der Waals surface area contributed by atoms with Gasteiger partial charge in [-0.15, -0.1) is 11.3 Å². The molecular formula is C17H12F2NO7PS. The van der Waals surface area contributed by atoms with Crippen LogP contribution in [0.2, 0.25) is 0 Å². The van der Waals surface area contributed by atoms with E-state index in [9.17, 15) is 33.1 Å². The molecular weight excluding hydrogens is 431 g/mol. The van der Waals surface area contributed by atoms with Crippen LogP contribution < -0.4 is 4.74 Å². The van der Waals surface area contributed by atoms with Crippen molar-refractivity contribution in [1.29, 1.82) is 0 Å². The Hall–Kier alpha value is -2.72. The summed E-state index contributed by atoms with van der Waals surface area (Å²) in [5.74, 6) is -0.704. The van der Waals surface area contributed by atoms with Crippen LogP contribution in [0.25, 0.3) is 10.1 Å². The Morgan fingerprint density at radius 1 is 1.21 bits per heavy atom. The van der Waals surface area contributed by atoms with E-state index in [1.54, 1.807) is 0 Å². The van der Waals surface area contributed by atoms with Crippen LogP contribution in [0.1, 0.15) is 15.2 Å². The first-order chi connectivity index (χ1) is 13.5. The monoisotopic (exact) mass is 443 g/mol. The number of carbonyl (C=O) groups is 1. The first-order valence-electron chi connectivity index (χ1n) is 7.82. The number of carbonyl (C=O) groups excluding carboxylic acids is 1. The maximum Gasteiger partial charge on any atom is 0.401 e. The standard InChI is InChI=1S/C17H12F2NO7PS/c1-26-28(24,25)17(18,19)11-2-7-14-10(8-11)9-15(29-14)16(21)27-13-5-3-12(4-6-13)20(22)23/h2-9H,1H3,(H,24,25). The summed E-state index contributed by atoms with van der Waals surface area (Å²) in [5.41, 5.74) is -5.03. The lowest BCUT2D eigenvalue weighted by Gasteiger charge is -2.20. The van der Waals surface area contributed by atoms with Gasteiger partial charge in [0.25, 0.3) is 5.69 Å². The van der Waals surface area contributed by atoms with E-state index >= 15 is 0 Å². The van der Waals surface area contributed by atoms with Crippen molar-refractivity contribution in [3.8, 4) is 5.75 Å². The second-order valence-electron chi connectivity index (χ2n) is 5.75. The highest BCUT2D eigenvalue weighted by atomic mass is 32.1. The summed E-state index contributed by atoms with van der Waals surface area (Å²) in [5, 5.41) is 10.9. The van der Waals surface area contributed by atoms with Gasteiger partial charge in [-0.3, -0.25) is 14.7 Å². The zero-order chi connectivity index (χ0) is 21.4. The summed E-state index contributed by atoms with van der Waals surface area (Å²) >= 11 is 0.975. The number of nitro benzene ring substituents is 1. The van der Waals surface area contributed by atoms with Crippen LogP contribution in [0.3, 0.4) is 0 Å². The predicted molar refractivity (Wildman–Crippen MR) is 101 cm³/mol. The van der Waals surface area contributed by atoms with Crippen molar-refractivity contribution >= 4 is 40.7 Å². The number of halogens is 2. The van der Waals surface area contributed by atoms with Gasteiger partial charge in [-0.2, -0.15) is 8.78 Å². The third-order valence-corrected chi connectivity index (χ3v) is 6.48. The van der Waals surface area contributed by atoms with E-state index in [4.69, 9.17) is 4.74 Å². The van der Waals surface area contributed by atoms with Crippen LogP contribution in [0.4, 0.5) is 14.5 Å². The molecule has 29 heavy (non-hydrogen) atoms. The summed E-state index contributed by atoms with van der Waals surface area (Å²) in [6.45, 7) is 0. The lowest BCUT2D eigenvalue weighted by Crippen LogP contribution is -2.14. The van der Waals surface area contributed by atoms with Crippen LogP contribution in [0, 0.1) is 10.1 Å². The van der Waals surface area contributed by atoms with Gasteiger partial charge in [0, 0.05) is 29.5 Å². The highest BCUT2D eigenvalue weighted by Gasteiger charge is 2.52. The molecule has 1 unspecified atom stereocenters. The van der Waals surface area contributed by atoms with Crippen molar-refractivity contribution in [2.24, 2.45) is 0 Å². The number of benzene rings is 2. The van der Waals surface area contributed by atoms with Crippen molar-refractivity contribution in [3.05, 3.63) is 69.1 Å². The largest absolute Gasteiger partial charge is 0.422 e. The average molecular weight is 443 g/mol. The van der Waals surface area contributed by atoms with Crippen molar-refractivity contribution in [3.63, 3.8) is 0 Å². The van der Waals surface area contributed by atoms with E-state index < -0.39 is 29.7 Å². The molecule has 0 fully saturated rings. The van der Waals surface area contributed by atoms with E-state index in [-0.39, 0.29) is 21.7 Å². The number of nitrogens with zero attached hydrogens (tertiary/aromatic N) is 1. The average Bonchev–Trinajstić information content (AvgIpc) is 3.11. The molecule has 0 aliphatic heterocycles. The summed E-state index contributed by atoms with van der Waals surface area (Å²) in [7, 11) is -4.50. The van der Waals surface area contributed by atoms with Crippen molar-refractivity contribution in [2.75, 3.05) is 7.11 Å². The molecule has 0 saturated carbocycles. The number of rotatable bonds is 6. The molecule has 0 spiro atoms. The normalized spacial score (nSPS) is 13.8. The van der Waals surface area contributed by atoms with Crippen LogP contribution in [0.5, 0.6) is 5.75 Å². The minimum atomic E-state index is -5.22. The van der Waals surface area contributed by atoms with Gasteiger partial charge in [0.15, 0.2) is 0 Å². The maximum absolute atomic E-state index is 14.2. The Morgan fingerprint density at radius 2 is 1.86 bits per heavy atom. The number of alkyl halides is 2. The van der Waals surface area contributed by atoms with Gasteiger partial charge in [0.05, 0.1) is 4.92 Å². The maximum atomic E-state index is 14.2. The predicted octanol–water partition coefficient (Wildman–Crippen LogP) is 4.91. The molecule has 1 atom stereocenters. The van der Waals surface area contributed by atoms with E-state index in [1.807, 2.05) is 0 Å². The molecule has 2 aromatic carbocycles. The van der Waals surface area contributed by atoms with E-state index in [0.717, 1.165) is 23.5 Å². The number of thiophene rings is 1. The molecule has 0 aliphatic rings. The number of fused-ring (bicyclic) bond motifs is 1. The van der Waals surface area contributed by atoms with Crippen molar-refractivity contribution in [2.45, 2.75) is 5.66 Å². The molecule has 3 aromatic rings. The molecule has 8 nitrogen and oxygen atoms in total. The summed E-state index contributed by atoms with van der Waals surface area (Å²) in [6, 6.07) is 9.43.